The van der Waals surface area contributed by atoms with Crippen molar-refractivity contribution in [3.63, 3.8) is 0 Å². The molecule has 0 saturated heterocycles. The number of nitriles is 1. The number of carbonyl (C=O) groups excluding carboxylic acids is 1. The predicted octanol–water partition coefficient (Wildman–Crippen LogP) is 3.19. The summed E-state index contributed by atoms with van der Waals surface area (Å²) in [7, 11) is 0. The van der Waals surface area contributed by atoms with Crippen LogP contribution >= 0.6 is 56.5 Å². The van der Waals surface area contributed by atoms with E-state index in [0.717, 1.165) is 14.9 Å². The Balaban J connectivity index is 2.19. The van der Waals surface area contributed by atoms with Crippen LogP contribution < -0.4 is 11.2 Å². The van der Waals surface area contributed by atoms with Crippen molar-refractivity contribution in [2.75, 3.05) is 5.73 Å². The number of carbonyl (C=O) groups is 1. The smallest absolute Gasteiger partial charge is 0.281 e. The molecule has 0 bridgehead atoms. The number of aromatic hydroxyl groups is 1. The average molecular weight is 552 g/mol. The van der Waals surface area contributed by atoms with Gasteiger partial charge in [0.15, 0.2) is 0 Å². The summed E-state index contributed by atoms with van der Waals surface area (Å²) in [6.45, 7) is 1.66. The van der Waals surface area contributed by atoms with E-state index in [1.165, 1.54) is 6.21 Å². The summed E-state index contributed by atoms with van der Waals surface area (Å²) in [5, 5.41) is 23.1. The third-order valence-electron chi connectivity index (χ3n) is 2.92. The SMILES string of the molecule is Cc1c(C(=O)N/N=C\c2cc(I)cc(I)c2O)sc(N)c1C#N. The molecule has 0 fully saturated rings. The molecule has 1 heterocycles. The number of anilines is 1. The molecule has 1 aromatic carbocycles. The highest BCUT2D eigenvalue weighted by atomic mass is 127. The van der Waals surface area contributed by atoms with E-state index >= 15 is 0 Å². The topological polar surface area (TPSA) is 112 Å². The molecule has 0 aliphatic carbocycles. The Labute approximate surface area is 163 Å². The Hall–Kier alpha value is -1.39. The summed E-state index contributed by atoms with van der Waals surface area (Å²) < 4.78 is 1.64. The first kappa shape index (κ1) is 18.0. The normalized spacial score (nSPS) is 10.7. The molecule has 0 aliphatic heterocycles. The number of rotatable bonds is 3. The van der Waals surface area contributed by atoms with E-state index in [0.29, 0.717) is 30.1 Å². The number of nitrogens with zero attached hydrogens (tertiary/aromatic N) is 2. The second-order valence-corrected chi connectivity index (χ2v) is 7.89. The van der Waals surface area contributed by atoms with Crippen LogP contribution in [0.15, 0.2) is 17.2 Å². The highest BCUT2D eigenvalue weighted by Crippen LogP contribution is 2.29. The third kappa shape index (κ3) is 3.93. The van der Waals surface area contributed by atoms with Crippen LogP contribution in [-0.4, -0.2) is 17.2 Å². The fourth-order valence-electron chi connectivity index (χ4n) is 1.79. The van der Waals surface area contributed by atoms with Gasteiger partial charge in [0.05, 0.1) is 15.3 Å². The second kappa shape index (κ2) is 7.45. The molecular formula is C14H10I2N4O2S. The molecule has 6 nitrogen and oxygen atoms in total. The van der Waals surface area contributed by atoms with Gasteiger partial charge >= 0.3 is 0 Å². The molecule has 4 N–H and O–H groups in total. The van der Waals surface area contributed by atoms with Crippen molar-refractivity contribution in [3.8, 4) is 11.8 Å². The summed E-state index contributed by atoms with van der Waals surface area (Å²) in [5.41, 5.74) is 9.44. The van der Waals surface area contributed by atoms with Gasteiger partial charge in [-0.25, -0.2) is 5.43 Å². The minimum Gasteiger partial charge on any atom is -0.506 e. The standard InChI is InChI=1S/C14H10I2N4O2S/c1-6-9(4-17)13(18)23-12(6)14(22)20-19-5-7-2-8(15)3-10(16)11(7)21/h2-3,5,21H,18H2,1H3,(H,20,22)/b19-5-. The number of nitrogens with two attached hydrogens (primary N) is 1. The zero-order chi connectivity index (χ0) is 17.1. The van der Waals surface area contributed by atoms with E-state index in [4.69, 9.17) is 11.0 Å². The van der Waals surface area contributed by atoms with Crippen molar-refractivity contribution in [2.45, 2.75) is 6.92 Å². The van der Waals surface area contributed by atoms with Gasteiger partial charge in [0, 0.05) is 9.13 Å². The van der Waals surface area contributed by atoms with Crippen molar-refractivity contribution in [1.29, 1.82) is 5.26 Å². The van der Waals surface area contributed by atoms with Crippen LogP contribution in [0.2, 0.25) is 0 Å². The van der Waals surface area contributed by atoms with E-state index in [1.807, 2.05) is 34.7 Å². The predicted molar refractivity (Wildman–Crippen MR) is 107 cm³/mol. The molecule has 1 amide bonds. The molecule has 2 rings (SSSR count). The maximum atomic E-state index is 12.1. The summed E-state index contributed by atoms with van der Waals surface area (Å²) in [6, 6.07) is 5.55. The first-order valence-electron chi connectivity index (χ1n) is 6.15. The number of phenolic OH excluding ortho intramolecular Hbond substituents is 1. The fourth-order valence-corrected chi connectivity index (χ4v) is 4.59. The van der Waals surface area contributed by atoms with Gasteiger partial charge in [-0.2, -0.15) is 10.4 Å². The van der Waals surface area contributed by atoms with E-state index in [2.05, 4.69) is 33.1 Å². The summed E-state index contributed by atoms with van der Waals surface area (Å²) >= 11 is 5.19. The molecule has 0 saturated carbocycles. The first-order valence-corrected chi connectivity index (χ1v) is 9.13. The largest absolute Gasteiger partial charge is 0.506 e. The van der Waals surface area contributed by atoms with Gasteiger partial charge < -0.3 is 10.8 Å². The molecule has 0 unspecified atom stereocenters. The Kier molecular flexibility index (Phi) is 5.82. The van der Waals surface area contributed by atoms with Gasteiger partial charge in [-0.3, -0.25) is 4.79 Å². The van der Waals surface area contributed by atoms with Crippen molar-refractivity contribution in [3.05, 3.63) is 40.8 Å². The average Bonchev–Trinajstić information content (AvgIpc) is 2.78. The van der Waals surface area contributed by atoms with Crippen LogP contribution in [0.5, 0.6) is 5.75 Å². The van der Waals surface area contributed by atoms with Crippen LogP contribution in [0.3, 0.4) is 0 Å². The van der Waals surface area contributed by atoms with E-state index in [1.54, 1.807) is 13.0 Å². The maximum absolute atomic E-state index is 12.1. The number of benzene rings is 1. The van der Waals surface area contributed by atoms with Crippen molar-refractivity contribution in [1.82, 2.24) is 5.43 Å². The van der Waals surface area contributed by atoms with Gasteiger partial charge in [0.2, 0.25) is 0 Å². The Morgan fingerprint density at radius 2 is 2.22 bits per heavy atom. The monoisotopic (exact) mass is 552 g/mol. The lowest BCUT2D eigenvalue weighted by molar-refractivity contribution is 0.0958. The molecule has 9 heteroatoms. The molecule has 0 aliphatic rings. The molecule has 2 aromatic rings. The van der Waals surface area contributed by atoms with E-state index < -0.39 is 5.91 Å². The lowest BCUT2D eigenvalue weighted by atomic mass is 10.2. The Morgan fingerprint density at radius 1 is 1.52 bits per heavy atom. The lowest BCUT2D eigenvalue weighted by Gasteiger charge is -2.03. The number of nitrogens with one attached hydrogen (secondary N) is 1. The Bertz CT molecular complexity index is 855. The summed E-state index contributed by atoms with van der Waals surface area (Å²) in [5.74, 6) is -0.343. The number of amides is 1. The minimum atomic E-state index is -0.447. The third-order valence-corrected chi connectivity index (χ3v) is 5.48. The number of phenols is 1. The van der Waals surface area contributed by atoms with Crippen molar-refractivity contribution in [2.24, 2.45) is 5.10 Å². The molecule has 0 atom stereocenters. The Morgan fingerprint density at radius 3 is 2.83 bits per heavy atom. The molecule has 118 valence electrons. The number of hydrogen-bond donors (Lipinski definition) is 3. The van der Waals surface area contributed by atoms with Crippen molar-refractivity contribution >= 4 is 73.6 Å². The number of halogens is 2. The number of thiophene rings is 1. The highest BCUT2D eigenvalue weighted by Gasteiger charge is 2.18. The van der Waals surface area contributed by atoms with E-state index in [9.17, 15) is 9.90 Å². The number of hydrogen-bond acceptors (Lipinski definition) is 6. The first-order chi connectivity index (χ1) is 10.8. The van der Waals surface area contributed by atoms with Crippen LogP contribution in [0.25, 0.3) is 0 Å². The van der Waals surface area contributed by atoms with Gasteiger partial charge in [-0.1, -0.05) is 0 Å². The van der Waals surface area contributed by atoms with Gasteiger partial charge in [-0.15, -0.1) is 11.3 Å². The van der Waals surface area contributed by atoms with Gasteiger partial charge in [0.25, 0.3) is 5.91 Å². The minimum absolute atomic E-state index is 0.104. The van der Waals surface area contributed by atoms with Gasteiger partial charge in [0.1, 0.15) is 21.7 Å². The molecule has 1 aromatic heterocycles. The number of hydrazone groups is 1. The lowest BCUT2D eigenvalue weighted by Crippen LogP contribution is -2.17. The van der Waals surface area contributed by atoms with Gasteiger partial charge in [-0.05, 0) is 69.8 Å². The zero-order valence-corrected chi connectivity index (χ0v) is 16.9. The van der Waals surface area contributed by atoms with E-state index in [-0.39, 0.29) is 5.75 Å². The number of nitrogen functional groups attached to an aromatic ring is 1. The summed E-state index contributed by atoms with van der Waals surface area (Å²) in [4.78, 5) is 12.5. The molecule has 0 radical (unpaired) electrons. The molecule has 0 spiro atoms. The molecular weight excluding hydrogens is 542 g/mol. The maximum Gasteiger partial charge on any atom is 0.281 e. The van der Waals surface area contributed by atoms with Crippen LogP contribution in [0.4, 0.5) is 5.00 Å². The quantitative estimate of drug-likeness (QED) is 0.309. The van der Waals surface area contributed by atoms with Crippen LogP contribution in [0, 0.1) is 25.4 Å². The zero-order valence-electron chi connectivity index (χ0n) is 11.7. The van der Waals surface area contributed by atoms with Crippen molar-refractivity contribution < 1.29 is 9.90 Å². The summed E-state index contributed by atoms with van der Waals surface area (Å²) in [6.07, 6.45) is 1.37. The highest BCUT2D eigenvalue weighted by molar-refractivity contribution is 14.1. The fraction of sp³-hybridized carbons (Fsp3) is 0.0714. The van der Waals surface area contributed by atoms with Crippen LogP contribution in [0.1, 0.15) is 26.4 Å². The second-order valence-electron chi connectivity index (χ2n) is 4.43. The van der Waals surface area contributed by atoms with Crippen LogP contribution in [-0.2, 0) is 0 Å². The molecule has 23 heavy (non-hydrogen) atoms.